The first-order valence-corrected chi connectivity index (χ1v) is 8.99. The fourth-order valence-corrected chi connectivity index (χ4v) is 3.20. The molecule has 3 N–H and O–H groups in total. The van der Waals surface area contributed by atoms with E-state index >= 15 is 0 Å². The molecule has 0 spiro atoms. The van der Waals surface area contributed by atoms with Gasteiger partial charge in [-0.25, -0.2) is 0 Å². The van der Waals surface area contributed by atoms with Crippen molar-refractivity contribution in [2.24, 2.45) is 0 Å². The molecule has 6 heteroatoms. The van der Waals surface area contributed by atoms with Gasteiger partial charge in [-0.05, 0) is 32.0 Å². The fourth-order valence-electron chi connectivity index (χ4n) is 3.20. The zero-order valence-corrected chi connectivity index (χ0v) is 15.0. The summed E-state index contributed by atoms with van der Waals surface area (Å²) in [5.41, 5.74) is 2.37. The van der Waals surface area contributed by atoms with Gasteiger partial charge in [0.25, 0.3) is 0 Å². The number of nitrogens with zero attached hydrogens (tertiary/aromatic N) is 1. The number of hydrogen-bond donors (Lipinski definition) is 3. The zero-order valence-electron chi connectivity index (χ0n) is 15.0. The van der Waals surface area contributed by atoms with Crippen molar-refractivity contribution in [2.45, 2.75) is 25.5 Å². The van der Waals surface area contributed by atoms with Gasteiger partial charge >= 0.3 is 0 Å². The normalized spacial score (nSPS) is 19.8. The van der Waals surface area contributed by atoms with E-state index in [0.29, 0.717) is 13.1 Å². The Kier molecular flexibility index (Phi) is 6.07. The summed E-state index contributed by atoms with van der Waals surface area (Å²) in [6.45, 7) is 5.86. The molecule has 1 saturated heterocycles. The lowest BCUT2D eigenvalue weighted by Crippen LogP contribution is -2.49. The largest absolute Gasteiger partial charge is 0.374 e. The van der Waals surface area contributed by atoms with Crippen LogP contribution in [0.15, 0.2) is 30.5 Å². The number of fused-ring (bicyclic) bond motifs is 1. The first-order valence-electron chi connectivity index (χ1n) is 8.99. The van der Waals surface area contributed by atoms with E-state index in [2.05, 4.69) is 39.7 Å². The number of rotatable bonds is 7. The van der Waals surface area contributed by atoms with E-state index in [4.69, 9.17) is 4.74 Å². The highest BCUT2D eigenvalue weighted by Crippen LogP contribution is 2.17. The van der Waals surface area contributed by atoms with Gasteiger partial charge in [0, 0.05) is 43.3 Å². The monoisotopic (exact) mass is 344 g/mol. The first kappa shape index (κ1) is 17.9. The zero-order chi connectivity index (χ0) is 17.6. The van der Waals surface area contributed by atoms with Gasteiger partial charge in [-0.15, -0.1) is 0 Å². The van der Waals surface area contributed by atoms with Gasteiger partial charge < -0.3 is 25.3 Å². The number of carbonyl (C=O) groups excluding carboxylic acids is 1. The molecule has 0 unspecified atom stereocenters. The van der Waals surface area contributed by atoms with Gasteiger partial charge in [-0.2, -0.15) is 0 Å². The Balaban J connectivity index is 1.39. The van der Waals surface area contributed by atoms with Crippen LogP contribution in [-0.2, 0) is 16.0 Å². The number of likely N-dealkylation sites (N-methyl/N-ethyl adjacent to an activating group) is 1. The number of ether oxygens (including phenoxy) is 1. The second kappa shape index (κ2) is 8.47. The molecule has 2 atom stereocenters. The molecule has 2 heterocycles. The van der Waals surface area contributed by atoms with Crippen LogP contribution in [0.3, 0.4) is 0 Å². The minimum absolute atomic E-state index is 0.0315. The molecule has 2 aromatic rings. The average molecular weight is 344 g/mol. The SMILES string of the molecule is C[C@@H](NC[C@@H]1CN(C)CCO1)C(=O)NCCc1c[nH]c2ccccc12. The van der Waals surface area contributed by atoms with Gasteiger partial charge in [0.05, 0.1) is 18.8 Å². The minimum atomic E-state index is -0.223. The van der Waals surface area contributed by atoms with Crippen LogP contribution in [0.4, 0.5) is 0 Å². The standard InChI is InChI=1S/C19H28N4O2/c1-14(21-12-16-13-23(2)9-10-25-16)19(24)20-8-7-15-11-22-18-6-4-3-5-17(15)18/h3-6,11,14,16,21-22H,7-10,12-13H2,1-2H3,(H,20,24)/t14-,16-/m1/s1. The lowest BCUT2D eigenvalue weighted by Gasteiger charge is -2.30. The van der Waals surface area contributed by atoms with E-state index in [0.717, 1.165) is 31.6 Å². The number of aromatic nitrogens is 1. The van der Waals surface area contributed by atoms with E-state index in [9.17, 15) is 4.79 Å². The molecular weight excluding hydrogens is 316 g/mol. The van der Waals surface area contributed by atoms with Crippen LogP contribution < -0.4 is 10.6 Å². The third kappa shape index (κ3) is 4.81. The number of para-hydroxylation sites is 1. The second-order valence-electron chi connectivity index (χ2n) is 6.79. The van der Waals surface area contributed by atoms with Crippen molar-refractivity contribution in [3.8, 4) is 0 Å². The third-order valence-corrected chi connectivity index (χ3v) is 4.76. The maximum Gasteiger partial charge on any atom is 0.236 e. The summed E-state index contributed by atoms with van der Waals surface area (Å²) in [7, 11) is 2.09. The Morgan fingerprint density at radius 2 is 2.28 bits per heavy atom. The molecular formula is C19H28N4O2. The van der Waals surface area contributed by atoms with Crippen molar-refractivity contribution in [3.63, 3.8) is 0 Å². The highest BCUT2D eigenvalue weighted by molar-refractivity contribution is 5.83. The van der Waals surface area contributed by atoms with Crippen molar-refractivity contribution in [1.82, 2.24) is 20.5 Å². The lowest BCUT2D eigenvalue weighted by atomic mass is 10.1. The highest BCUT2D eigenvalue weighted by Gasteiger charge is 2.19. The Morgan fingerprint density at radius 1 is 1.44 bits per heavy atom. The number of H-pyrrole nitrogens is 1. The molecule has 1 aliphatic rings. The van der Waals surface area contributed by atoms with E-state index in [1.54, 1.807) is 0 Å². The molecule has 0 aliphatic carbocycles. The van der Waals surface area contributed by atoms with Crippen molar-refractivity contribution in [3.05, 3.63) is 36.0 Å². The third-order valence-electron chi connectivity index (χ3n) is 4.76. The number of hydrogen-bond acceptors (Lipinski definition) is 4. The van der Waals surface area contributed by atoms with Crippen LogP contribution in [0, 0.1) is 0 Å². The molecule has 1 aliphatic heterocycles. The number of aromatic amines is 1. The van der Waals surface area contributed by atoms with E-state index in [1.807, 2.05) is 25.3 Å². The molecule has 6 nitrogen and oxygen atoms in total. The summed E-state index contributed by atoms with van der Waals surface area (Å²) in [6, 6.07) is 8.00. The lowest BCUT2D eigenvalue weighted by molar-refractivity contribution is -0.122. The summed E-state index contributed by atoms with van der Waals surface area (Å²) in [4.78, 5) is 17.8. The molecule has 0 radical (unpaired) electrons. The van der Waals surface area contributed by atoms with Crippen molar-refractivity contribution >= 4 is 16.8 Å². The predicted molar refractivity (Wildman–Crippen MR) is 99.7 cm³/mol. The van der Waals surface area contributed by atoms with Crippen LogP contribution in [0.1, 0.15) is 12.5 Å². The van der Waals surface area contributed by atoms with Crippen molar-refractivity contribution in [2.75, 3.05) is 39.8 Å². The first-order chi connectivity index (χ1) is 12.1. The molecule has 1 fully saturated rings. The van der Waals surface area contributed by atoms with Crippen molar-refractivity contribution < 1.29 is 9.53 Å². The topological polar surface area (TPSA) is 69.4 Å². The second-order valence-corrected chi connectivity index (χ2v) is 6.79. The summed E-state index contributed by atoms with van der Waals surface area (Å²) < 4.78 is 5.71. The Labute approximate surface area is 148 Å². The van der Waals surface area contributed by atoms with Gasteiger partial charge in [0.2, 0.25) is 5.91 Å². The number of amides is 1. The van der Waals surface area contributed by atoms with E-state index in [-0.39, 0.29) is 18.1 Å². The number of morpholine rings is 1. The van der Waals surface area contributed by atoms with Gasteiger partial charge in [0.15, 0.2) is 0 Å². The summed E-state index contributed by atoms with van der Waals surface area (Å²) in [6.07, 6.45) is 2.99. The quantitative estimate of drug-likeness (QED) is 0.704. The predicted octanol–water partition coefficient (Wildman–Crippen LogP) is 1.14. The molecule has 136 valence electrons. The fraction of sp³-hybridized carbons (Fsp3) is 0.526. The van der Waals surface area contributed by atoms with Crippen LogP contribution in [0.5, 0.6) is 0 Å². The highest BCUT2D eigenvalue weighted by atomic mass is 16.5. The van der Waals surface area contributed by atoms with Crippen molar-refractivity contribution in [1.29, 1.82) is 0 Å². The van der Waals surface area contributed by atoms with Crippen LogP contribution in [0.25, 0.3) is 10.9 Å². The van der Waals surface area contributed by atoms with Crippen LogP contribution >= 0.6 is 0 Å². The number of benzene rings is 1. The average Bonchev–Trinajstić information content (AvgIpc) is 3.03. The van der Waals surface area contributed by atoms with Gasteiger partial charge in [0.1, 0.15) is 0 Å². The number of nitrogens with one attached hydrogen (secondary N) is 3. The molecule has 25 heavy (non-hydrogen) atoms. The summed E-state index contributed by atoms with van der Waals surface area (Å²) in [5, 5.41) is 7.52. The minimum Gasteiger partial charge on any atom is -0.374 e. The summed E-state index contributed by atoms with van der Waals surface area (Å²) >= 11 is 0. The molecule has 1 amide bonds. The van der Waals surface area contributed by atoms with E-state index < -0.39 is 0 Å². The Hall–Kier alpha value is -1.89. The van der Waals surface area contributed by atoms with Gasteiger partial charge in [-0.3, -0.25) is 4.79 Å². The molecule has 1 aromatic carbocycles. The molecule has 3 rings (SSSR count). The maximum absolute atomic E-state index is 12.2. The van der Waals surface area contributed by atoms with Crippen LogP contribution in [0.2, 0.25) is 0 Å². The Bertz CT molecular complexity index is 700. The molecule has 0 bridgehead atoms. The molecule has 0 saturated carbocycles. The molecule has 1 aromatic heterocycles. The van der Waals surface area contributed by atoms with Gasteiger partial charge in [-0.1, -0.05) is 18.2 Å². The Morgan fingerprint density at radius 3 is 3.12 bits per heavy atom. The summed E-state index contributed by atoms with van der Waals surface area (Å²) in [5.74, 6) is 0.0315. The number of carbonyl (C=O) groups is 1. The maximum atomic E-state index is 12.2. The van der Waals surface area contributed by atoms with E-state index in [1.165, 1.54) is 10.9 Å². The van der Waals surface area contributed by atoms with Crippen LogP contribution in [-0.4, -0.2) is 67.8 Å². The smallest absolute Gasteiger partial charge is 0.236 e.